The zero-order chi connectivity index (χ0) is 21.6. The third kappa shape index (κ3) is 3.26. The van der Waals surface area contributed by atoms with Crippen LogP contribution in [-0.2, 0) is 6.42 Å². The average molecular weight is 409 g/mol. The molecule has 1 saturated heterocycles. The lowest BCUT2D eigenvalue weighted by Gasteiger charge is -2.35. The predicted molar refractivity (Wildman–Crippen MR) is 114 cm³/mol. The number of amides is 1. The summed E-state index contributed by atoms with van der Waals surface area (Å²) in [7, 11) is 0. The molecule has 3 aromatic rings. The molecule has 1 aliphatic rings. The number of hydrogen-bond donors (Lipinski definition) is 2. The molecule has 1 amide bonds. The van der Waals surface area contributed by atoms with E-state index in [1.807, 2.05) is 26.0 Å². The van der Waals surface area contributed by atoms with Gasteiger partial charge in [-0.3, -0.25) is 19.5 Å². The first-order chi connectivity index (χ1) is 14.3. The fourth-order valence-corrected chi connectivity index (χ4v) is 4.53. The monoisotopic (exact) mass is 409 g/mol. The van der Waals surface area contributed by atoms with Crippen LogP contribution in [0, 0.1) is 20.8 Å². The van der Waals surface area contributed by atoms with E-state index in [1.165, 1.54) is 4.52 Å². The topological polar surface area (TPSA) is 103 Å². The van der Waals surface area contributed by atoms with Crippen LogP contribution < -0.4 is 11.1 Å². The van der Waals surface area contributed by atoms with E-state index in [0.717, 1.165) is 36.3 Å². The largest absolute Gasteiger partial charge is 0.330 e. The van der Waals surface area contributed by atoms with Crippen molar-refractivity contribution >= 4 is 11.6 Å². The highest BCUT2D eigenvalue weighted by atomic mass is 16.2. The molecule has 158 valence electrons. The molecule has 0 radical (unpaired) electrons. The van der Waals surface area contributed by atoms with E-state index in [-0.39, 0.29) is 28.6 Å². The number of piperidine rings is 1. The van der Waals surface area contributed by atoms with Gasteiger partial charge in [-0.05, 0) is 58.1 Å². The number of nitrogens with zero attached hydrogens (tertiary/aromatic N) is 3. The van der Waals surface area contributed by atoms with Gasteiger partial charge in [-0.25, -0.2) is 9.50 Å². The number of likely N-dealkylation sites (tertiary alicyclic amines) is 1. The smallest absolute Gasteiger partial charge is 0.276 e. The number of aromatic nitrogens is 4. The Morgan fingerprint density at radius 3 is 2.67 bits per heavy atom. The van der Waals surface area contributed by atoms with Crippen LogP contribution in [0.15, 0.2) is 21.7 Å². The molecule has 4 rings (SSSR count). The van der Waals surface area contributed by atoms with E-state index in [9.17, 15) is 14.4 Å². The van der Waals surface area contributed by atoms with Gasteiger partial charge in [0.25, 0.3) is 17.0 Å². The molecule has 1 aliphatic heterocycles. The van der Waals surface area contributed by atoms with Gasteiger partial charge in [0.15, 0.2) is 5.65 Å². The molecule has 0 aliphatic carbocycles. The van der Waals surface area contributed by atoms with Crippen molar-refractivity contribution in [1.82, 2.24) is 24.5 Å². The van der Waals surface area contributed by atoms with Gasteiger partial charge in [0.1, 0.15) is 5.56 Å². The second-order valence-electron chi connectivity index (χ2n) is 8.09. The lowest BCUT2D eigenvalue weighted by Crippen LogP contribution is -2.41. The van der Waals surface area contributed by atoms with Gasteiger partial charge in [-0.2, -0.15) is 0 Å². The normalized spacial score (nSPS) is 16.9. The number of carbonyl (C=O) groups excluding carboxylic acids is 1. The molecule has 4 heterocycles. The molecule has 0 bridgehead atoms. The first-order valence-electron chi connectivity index (χ1n) is 10.4. The summed E-state index contributed by atoms with van der Waals surface area (Å²) in [6.07, 6.45) is 3.21. The van der Waals surface area contributed by atoms with Gasteiger partial charge in [0.2, 0.25) is 0 Å². The summed E-state index contributed by atoms with van der Waals surface area (Å²) in [5.74, 6) is -0.275. The standard InChI is InChI=1S/C22H27N5O3/c1-5-15-14(4)24-18-11-16(25-27(18)21(15)29)17-8-6-7-9-26(17)22(30)19-12(2)10-13(3)23-20(19)28/h10-11,17,25H,5-9H2,1-4H3,(H,23,28). The zero-order valence-corrected chi connectivity index (χ0v) is 17.8. The molecule has 8 heteroatoms. The fraction of sp³-hybridized carbons (Fsp3) is 0.455. The quantitative estimate of drug-likeness (QED) is 0.694. The third-order valence-corrected chi connectivity index (χ3v) is 5.99. The van der Waals surface area contributed by atoms with Gasteiger partial charge < -0.3 is 9.88 Å². The first kappa shape index (κ1) is 20.1. The average Bonchev–Trinajstić information content (AvgIpc) is 3.11. The highest BCUT2D eigenvalue weighted by Gasteiger charge is 2.32. The first-order valence-corrected chi connectivity index (χ1v) is 10.4. The molecular weight excluding hydrogens is 382 g/mol. The second-order valence-corrected chi connectivity index (χ2v) is 8.09. The number of carbonyl (C=O) groups is 1. The number of nitrogens with one attached hydrogen (secondary N) is 2. The summed E-state index contributed by atoms with van der Waals surface area (Å²) >= 11 is 0. The molecule has 1 atom stereocenters. The van der Waals surface area contributed by atoms with Crippen LogP contribution in [0.5, 0.6) is 0 Å². The van der Waals surface area contributed by atoms with Crippen molar-refractivity contribution in [3.8, 4) is 0 Å². The third-order valence-electron chi connectivity index (χ3n) is 5.99. The van der Waals surface area contributed by atoms with Crippen LogP contribution in [0.1, 0.15) is 70.8 Å². The number of aromatic amines is 2. The van der Waals surface area contributed by atoms with Gasteiger partial charge in [0.05, 0.1) is 11.7 Å². The minimum atomic E-state index is -0.362. The maximum absolute atomic E-state index is 13.4. The van der Waals surface area contributed by atoms with Crippen molar-refractivity contribution < 1.29 is 4.79 Å². The number of fused-ring (bicyclic) bond motifs is 1. The van der Waals surface area contributed by atoms with E-state index >= 15 is 0 Å². The second kappa shape index (κ2) is 7.59. The molecule has 1 unspecified atom stereocenters. The molecule has 2 N–H and O–H groups in total. The molecule has 3 aromatic heterocycles. The fourth-order valence-electron chi connectivity index (χ4n) is 4.53. The molecule has 1 fully saturated rings. The lowest BCUT2D eigenvalue weighted by molar-refractivity contribution is 0.0603. The van der Waals surface area contributed by atoms with E-state index in [0.29, 0.717) is 29.7 Å². The number of hydrogen-bond acceptors (Lipinski definition) is 4. The number of pyridine rings is 1. The SMILES string of the molecule is CCc1c(C)nc2cc(C3CCCCN3C(=O)c3c(C)cc(C)[nH]c3=O)[nH]n2c1=O. The summed E-state index contributed by atoms with van der Waals surface area (Å²) in [5, 5.41) is 3.17. The van der Waals surface area contributed by atoms with Crippen molar-refractivity contribution in [1.29, 1.82) is 0 Å². The van der Waals surface area contributed by atoms with Crippen LogP contribution >= 0.6 is 0 Å². The molecule has 0 spiro atoms. The van der Waals surface area contributed by atoms with Crippen LogP contribution in [-0.4, -0.2) is 36.9 Å². The van der Waals surface area contributed by atoms with Gasteiger partial charge in [-0.1, -0.05) is 6.92 Å². The number of H-pyrrole nitrogens is 2. The Hall–Kier alpha value is -3.16. The minimum absolute atomic E-state index is 0.106. The van der Waals surface area contributed by atoms with Crippen LogP contribution in [0.3, 0.4) is 0 Å². The Morgan fingerprint density at radius 2 is 1.97 bits per heavy atom. The summed E-state index contributed by atoms with van der Waals surface area (Å²) in [4.78, 5) is 47.7. The van der Waals surface area contributed by atoms with E-state index < -0.39 is 0 Å². The summed E-state index contributed by atoms with van der Waals surface area (Å²) in [5.41, 5.74) is 3.84. The van der Waals surface area contributed by atoms with E-state index in [4.69, 9.17) is 0 Å². The number of rotatable bonds is 3. The minimum Gasteiger partial charge on any atom is -0.330 e. The molecule has 0 aromatic carbocycles. The van der Waals surface area contributed by atoms with Gasteiger partial charge in [0, 0.05) is 29.6 Å². The highest BCUT2D eigenvalue weighted by molar-refractivity contribution is 5.95. The Balaban J connectivity index is 1.78. The molecular formula is C22H27N5O3. The Kier molecular flexibility index (Phi) is 5.09. The van der Waals surface area contributed by atoms with Crippen molar-refractivity contribution in [3.05, 3.63) is 66.6 Å². The van der Waals surface area contributed by atoms with E-state index in [1.54, 1.807) is 18.7 Å². The summed E-state index contributed by atoms with van der Waals surface area (Å²) < 4.78 is 1.46. The maximum atomic E-state index is 13.4. The number of aryl methyl sites for hydroxylation is 3. The maximum Gasteiger partial charge on any atom is 0.276 e. The van der Waals surface area contributed by atoms with Gasteiger partial charge in [-0.15, -0.1) is 0 Å². The molecule has 30 heavy (non-hydrogen) atoms. The van der Waals surface area contributed by atoms with Crippen molar-refractivity contribution in [2.75, 3.05) is 6.54 Å². The highest BCUT2D eigenvalue weighted by Crippen LogP contribution is 2.31. The van der Waals surface area contributed by atoms with Gasteiger partial charge >= 0.3 is 0 Å². The van der Waals surface area contributed by atoms with E-state index in [2.05, 4.69) is 15.1 Å². The van der Waals surface area contributed by atoms with Crippen molar-refractivity contribution in [3.63, 3.8) is 0 Å². The lowest BCUT2D eigenvalue weighted by atomic mass is 9.97. The molecule has 0 saturated carbocycles. The van der Waals surface area contributed by atoms with Crippen LogP contribution in [0.4, 0.5) is 0 Å². The Bertz CT molecular complexity index is 1250. The van der Waals surface area contributed by atoms with Crippen LogP contribution in [0.25, 0.3) is 5.65 Å². The summed E-state index contributed by atoms with van der Waals surface area (Å²) in [6, 6.07) is 3.42. The summed E-state index contributed by atoms with van der Waals surface area (Å²) in [6.45, 7) is 7.93. The zero-order valence-electron chi connectivity index (χ0n) is 17.8. The van der Waals surface area contributed by atoms with Crippen molar-refractivity contribution in [2.24, 2.45) is 0 Å². The molecule has 8 nitrogen and oxygen atoms in total. The van der Waals surface area contributed by atoms with Crippen molar-refractivity contribution in [2.45, 2.75) is 59.4 Å². The Labute approximate surface area is 173 Å². The predicted octanol–water partition coefficient (Wildman–Crippen LogP) is 2.57. The Morgan fingerprint density at radius 1 is 1.20 bits per heavy atom. The van der Waals surface area contributed by atoms with Crippen LogP contribution in [0.2, 0.25) is 0 Å².